The van der Waals surface area contributed by atoms with Crippen molar-refractivity contribution >= 4 is 44.6 Å². The first-order valence-electron chi connectivity index (χ1n) is 19.6. The molecule has 0 atom stereocenters. The molecule has 0 radical (unpaired) electrons. The van der Waals surface area contributed by atoms with E-state index in [9.17, 15) is 0 Å². The number of hydrogen-bond acceptors (Lipinski definition) is 4. The molecule has 0 saturated heterocycles. The summed E-state index contributed by atoms with van der Waals surface area (Å²) in [6, 6.07) is 64.5. The normalized spacial score (nSPS) is 12.7. The van der Waals surface area contributed by atoms with Gasteiger partial charge in [0, 0.05) is 40.5 Å². The molecule has 9 aromatic rings. The predicted molar refractivity (Wildman–Crippen MR) is 237 cm³/mol. The highest BCUT2D eigenvalue weighted by atomic mass is 16.5. The van der Waals surface area contributed by atoms with Gasteiger partial charge in [-0.1, -0.05) is 118 Å². The first kappa shape index (κ1) is 34.4. The van der Waals surface area contributed by atoms with Crippen molar-refractivity contribution in [2.45, 2.75) is 26.2 Å². The van der Waals surface area contributed by atoms with Gasteiger partial charge in [0.05, 0.1) is 22.4 Å². The van der Waals surface area contributed by atoms with Gasteiger partial charge in [-0.25, -0.2) is 4.98 Å². The molecule has 2 aromatic heterocycles. The second-order valence-corrected chi connectivity index (χ2v) is 15.8. The first-order valence-corrected chi connectivity index (χ1v) is 19.6. The van der Waals surface area contributed by atoms with E-state index >= 15 is 0 Å². The lowest BCUT2D eigenvalue weighted by Gasteiger charge is -2.24. The van der Waals surface area contributed by atoms with Gasteiger partial charge in [-0.05, 0) is 106 Å². The standard InChI is InChI=1S/C52H42N4O/c1-52(2,3)40-27-28-53-51(32-40)56-47-22-11-10-21-45(47)46-26-25-44(34-50(46)56)57-43-20-14-19-41(33-43)54-35-55(49-24-13-12-23-48(49)54)42-30-38(36-15-6-4-7-16-36)29-39(31-42)37-17-8-5-9-18-37/h4-34H,35H2,1-3H3. The Kier molecular flexibility index (Phi) is 8.37. The number of aromatic nitrogens is 2. The Hall–Kier alpha value is -7.11. The van der Waals surface area contributed by atoms with Crippen LogP contribution in [0.15, 0.2) is 188 Å². The summed E-state index contributed by atoms with van der Waals surface area (Å²) in [4.78, 5) is 9.65. The van der Waals surface area contributed by atoms with Crippen molar-refractivity contribution in [2.75, 3.05) is 16.5 Å². The van der Waals surface area contributed by atoms with Gasteiger partial charge >= 0.3 is 0 Å². The fourth-order valence-corrected chi connectivity index (χ4v) is 8.14. The minimum Gasteiger partial charge on any atom is -0.457 e. The van der Waals surface area contributed by atoms with E-state index in [1.165, 1.54) is 33.2 Å². The van der Waals surface area contributed by atoms with Crippen LogP contribution in [0, 0.1) is 0 Å². The van der Waals surface area contributed by atoms with E-state index in [1.54, 1.807) is 0 Å². The number of nitrogens with zero attached hydrogens (tertiary/aromatic N) is 4. The van der Waals surface area contributed by atoms with Crippen molar-refractivity contribution in [3.8, 4) is 39.6 Å². The molecule has 3 heterocycles. The summed E-state index contributed by atoms with van der Waals surface area (Å²) in [5, 5.41) is 2.35. The molecule has 1 aliphatic heterocycles. The number of ether oxygens (including phenoxy) is 1. The fraction of sp³-hybridized carbons (Fsp3) is 0.0962. The van der Waals surface area contributed by atoms with Crippen LogP contribution in [0.4, 0.5) is 22.7 Å². The summed E-state index contributed by atoms with van der Waals surface area (Å²) in [6.07, 6.45) is 1.92. The zero-order valence-electron chi connectivity index (χ0n) is 32.3. The highest BCUT2D eigenvalue weighted by Crippen LogP contribution is 2.46. The van der Waals surface area contributed by atoms with Gasteiger partial charge in [0.25, 0.3) is 0 Å². The Morgan fingerprint density at radius 3 is 1.79 bits per heavy atom. The van der Waals surface area contributed by atoms with Crippen LogP contribution in [-0.2, 0) is 5.41 Å². The first-order chi connectivity index (χ1) is 27.9. The second kappa shape index (κ2) is 13.9. The summed E-state index contributed by atoms with van der Waals surface area (Å²) in [7, 11) is 0. The Morgan fingerprint density at radius 1 is 0.474 bits per heavy atom. The molecule has 0 unspecified atom stereocenters. The molecule has 7 aromatic carbocycles. The SMILES string of the molecule is CC(C)(C)c1ccnc(-n2c3ccccc3c3ccc(Oc4cccc(N5CN(c6cc(-c7ccccc7)cc(-c7ccccc7)c6)c6ccccc65)c4)cc32)c1. The van der Waals surface area contributed by atoms with E-state index in [-0.39, 0.29) is 5.41 Å². The number of para-hydroxylation sites is 3. The minimum absolute atomic E-state index is 0.0000733. The number of fused-ring (bicyclic) bond motifs is 4. The third kappa shape index (κ3) is 6.37. The molecule has 0 fully saturated rings. The fourth-order valence-electron chi connectivity index (χ4n) is 8.14. The molecule has 0 amide bonds. The molecule has 10 rings (SSSR count). The van der Waals surface area contributed by atoms with Crippen molar-refractivity contribution in [2.24, 2.45) is 0 Å². The van der Waals surface area contributed by atoms with E-state index in [0.29, 0.717) is 6.67 Å². The van der Waals surface area contributed by atoms with Crippen molar-refractivity contribution in [3.05, 3.63) is 194 Å². The average Bonchev–Trinajstić information content (AvgIpc) is 3.80. The van der Waals surface area contributed by atoms with Crippen molar-refractivity contribution in [1.29, 1.82) is 0 Å². The summed E-state index contributed by atoms with van der Waals surface area (Å²) in [5.41, 5.74) is 12.7. The minimum atomic E-state index is -0.0000733. The smallest absolute Gasteiger partial charge is 0.137 e. The molecular weight excluding hydrogens is 697 g/mol. The average molecular weight is 739 g/mol. The van der Waals surface area contributed by atoms with Gasteiger partial charge in [-0.3, -0.25) is 4.57 Å². The van der Waals surface area contributed by atoms with Crippen LogP contribution >= 0.6 is 0 Å². The Morgan fingerprint density at radius 2 is 1.09 bits per heavy atom. The Balaban J connectivity index is 1.01. The monoisotopic (exact) mass is 738 g/mol. The van der Waals surface area contributed by atoms with Gasteiger partial charge in [0.2, 0.25) is 0 Å². The zero-order chi connectivity index (χ0) is 38.5. The van der Waals surface area contributed by atoms with Crippen LogP contribution < -0.4 is 14.5 Å². The van der Waals surface area contributed by atoms with Crippen LogP contribution in [-0.4, -0.2) is 16.2 Å². The third-order valence-corrected chi connectivity index (χ3v) is 11.0. The predicted octanol–water partition coefficient (Wildman–Crippen LogP) is 13.8. The van der Waals surface area contributed by atoms with Crippen LogP contribution in [0.5, 0.6) is 11.5 Å². The van der Waals surface area contributed by atoms with Gasteiger partial charge in [0.1, 0.15) is 24.0 Å². The van der Waals surface area contributed by atoms with Crippen LogP contribution in [0.1, 0.15) is 26.3 Å². The molecule has 276 valence electrons. The highest BCUT2D eigenvalue weighted by molar-refractivity contribution is 6.09. The van der Waals surface area contributed by atoms with Crippen LogP contribution in [0.25, 0.3) is 49.9 Å². The topological polar surface area (TPSA) is 33.5 Å². The number of hydrogen-bond donors (Lipinski definition) is 0. The highest BCUT2D eigenvalue weighted by Gasteiger charge is 2.29. The number of anilines is 4. The maximum absolute atomic E-state index is 6.71. The van der Waals surface area contributed by atoms with E-state index in [1.807, 2.05) is 12.3 Å². The molecule has 0 N–H and O–H groups in total. The second-order valence-electron chi connectivity index (χ2n) is 15.8. The summed E-state index contributed by atoms with van der Waals surface area (Å²) in [5.74, 6) is 2.44. The lowest BCUT2D eigenvalue weighted by molar-refractivity contribution is 0.483. The van der Waals surface area contributed by atoms with Crippen LogP contribution in [0.3, 0.4) is 0 Å². The molecular formula is C52H42N4O. The molecule has 0 saturated carbocycles. The molecule has 0 bridgehead atoms. The quantitative estimate of drug-likeness (QED) is 0.163. The molecule has 5 nitrogen and oxygen atoms in total. The van der Waals surface area contributed by atoms with E-state index in [4.69, 9.17) is 9.72 Å². The zero-order valence-corrected chi connectivity index (χ0v) is 32.3. The third-order valence-electron chi connectivity index (χ3n) is 11.0. The van der Waals surface area contributed by atoms with E-state index in [0.717, 1.165) is 56.5 Å². The van der Waals surface area contributed by atoms with Crippen molar-refractivity contribution in [1.82, 2.24) is 9.55 Å². The van der Waals surface area contributed by atoms with Gasteiger partial charge < -0.3 is 14.5 Å². The van der Waals surface area contributed by atoms with E-state index < -0.39 is 0 Å². The largest absolute Gasteiger partial charge is 0.457 e. The Bertz CT molecular complexity index is 2850. The number of pyridine rings is 1. The molecule has 57 heavy (non-hydrogen) atoms. The van der Waals surface area contributed by atoms with Crippen molar-refractivity contribution in [3.63, 3.8) is 0 Å². The molecule has 5 heteroatoms. The number of benzene rings is 7. The molecule has 0 spiro atoms. The summed E-state index contributed by atoms with van der Waals surface area (Å²) < 4.78 is 8.97. The lowest BCUT2D eigenvalue weighted by atomic mass is 9.88. The molecule has 0 aliphatic carbocycles. The maximum atomic E-state index is 6.71. The summed E-state index contributed by atoms with van der Waals surface area (Å²) >= 11 is 0. The Labute approximate surface area is 333 Å². The van der Waals surface area contributed by atoms with Crippen LogP contribution in [0.2, 0.25) is 0 Å². The lowest BCUT2D eigenvalue weighted by Crippen LogP contribution is -2.24. The molecule has 1 aliphatic rings. The van der Waals surface area contributed by atoms with Gasteiger partial charge in [-0.15, -0.1) is 0 Å². The van der Waals surface area contributed by atoms with E-state index in [2.05, 4.69) is 211 Å². The van der Waals surface area contributed by atoms with Gasteiger partial charge in [-0.2, -0.15) is 0 Å². The maximum Gasteiger partial charge on any atom is 0.137 e. The number of rotatable bonds is 7. The van der Waals surface area contributed by atoms with Gasteiger partial charge in [0.15, 0.2) is 0 Å². The summed E-state index contributed by atoms with van der Waals surface area (Å²) in [6.45, 7) is 7.37. The van der Waals surface area contributed by atoms with Crippen molar-refractivity contribution < 1.29 is 4.74 Å².